The molecule has 0 aliphatic carbocycles. The smallest absolute Gasteiger partial charge is 0.118 e. The molecule has 0 radical (unpaired) electrons. The third-order valence-corrected chi connectivity index (χ3v) is 2.85. The van der Waals surface area contributed by atoms with Crippen LogP contribution in [0.25, 0.3) is 12.2 Å². The molecule has 2 heteroatoms. The summed E-state index contributed by atoms with van der Waals surface area (Å²) in [5.41, 5.74) is 2.41. The van der Waals surface area contributed by atoms with Crippen LogP contribution in [0.5, 0.6) is 5.75 Å². The Labute approximate surface area is 133 Å². The summed E-state index contributed by atoms with van der Waals surface area (Å²) in [6, 6.07) is 18.1. The Bertz CT molecular complexity index is 554. The average molecular weight is 296 g/mol. The summed E-state index contributed by atoms with van der Waals surface area (Å²) in [7, 11) is 3.36. The lowest BCUT2D eigenvalue weighted by atomic mass is 10.2. The molecule has 0 bridgehead atoms. The van der Waals surface area contributed by atoms with Crippen LogP contribution in [-0.4, -0.2) is 20.8 Å². The monoisotopic (exact) mass is 296 g/mol. The predicted octanol–water partition coefficient (Wildman–Crippen LogP) is 5.07. The zero-order valence-electron chi connectivity index (χ0n) is 13.5. The van der Waals surface area contributed by atoms with Crippen molar-refractivity contribution < 1.29 is 9.47 Å². The molecule has 0 unspecified atom stereocenters. The summed E-state index contributed by atoms with van der Waals surface area (Å²) in [4.78, 5) is 0. The van der Waals surface area contributed by atoms with Gasteiger partial charge in [0.15, 0.2) is 0 Å². The maximum absolute atomic E-state index is 5.02. The Hall–Kier alpha value is -2.32. The van der Waals surface area contributed by atoms with Crippen molar-refractivity contribution in [2.24, 2.45) is 0 Å². The minimum atomic E-state index is 0.675. The average Bonchev–Trinajstić information content (AvgIpc) is 2.58. The molecule has 0 amide bonds. The van der Waals surface area contributed by atoms with Crippen molar-refractivity contribution in [3.05, 3.63) is 77.9 Å². The maximum Gasteiger partial charge on any atom is 0.118 e. The van der Waals surface area contributed by atoms with E-state index in [0.717, 1.165) is 5.75 Å². The lowest BCUT2D eigenvalue weighted by molar-refractivity contribution is 0.234. The van der Waals surface area contributed by atoms with E-state index in [1.165, 1.54) is 11.1 Å². The van der Waals surface area contributed by atoms with Crippen molar-refractivity contribution in [3.63, 3.8) is 0 Å². The highest BCUT2D eigenvalue weighted by Crippen LogP contribution is 2.11. The van der Waals surface area contributed by atoms with Gasteiger partial charge in [0, 0.05) is 7.11 Å². The molecule has 0 heterocycles. The van der Waals surface area contributed by atoms with Gasteiger partial charge in [0.25, 0.3) is 0 Å². The Morgan fingerprint density at radius 2 is 1.45 bits per heavy atom. The van der Waals surface area contributed by atoms with Gasteiger partial charge in [-0.05, 0) is 30.2 Å². The van der Waals surface area contributed by atoms with Crippen molar-refractivity contribution in [1.82, 2.24) is 0 Å². The van der Waals surface area contributed by atoms with Crippen LogP contribution in [0.4, 0.5) is 0 Å². The van der Waals surface area contributed by atoms with Crippen LogP contribution in [-0.2, 0) is 4.74 Å². The highest BCUT2D eigenvalue weighted by Gasteiger charge is 1.88. The van der Waals surface area contributed by atoms with Crippen molar-refractivity contribution >= 4 is 12.2 Å². The standard InChI is InChI=1S/2C10H12O/c1-11-9-5-8-10-6-3-2-4-7-10;1-3-4-9-5-7-10(11-2)8-6-9/h2-8H,9H2,1H3;3-8H,1-2H3. The van der Waals surface area contributed by atoms with Crippen molar-refractivity contribution in [3.8, 4) is 5.75 Å². The first-order valence-electron chi connectivity index (χ1n) is 7.27. The lowest BCUT2D eigenvalue weighted by Gasteiger charge is -1.98. The molecule has 0 N–H and O–H groups in total. The molecule has 0 aliphatic rings. The molecule has 2 nitrogen and oxygen atoms in total. The van der Waals surface area contributed by atoms with E-state index in [0.29, 0.717) is 6.61 Å². The lowest BCUT2D eigenvalue weighted by Crippen LogP contribution is -1.80. The van der Waals surface area contributed by atoms with Gasteiger partial charge < -0.3 is 9.47 Å². The Balaban J connectivity index is 0.000000220. The first-order chi connectivity index (χ1) is 10.8. The van der Waals surface area contributed by atoms with Gasteiger partial charge in [0.2, 0.25) is 0 Å². The molecule has 116 valence electrons. The summed E-state index contributed by atoms with van der Waals surface area (Å²) in [6.07, 6.45) is 8.11. The van der Waals surface area contributed by atoms with Gasteiger partial charge in [0.1, 0.15) is 5.75 Å². The number of hydrogen-bond acceptors (Lipinski definition) is 2. The fraction of sp³-hybridized carbons (Fsp3) is 0.200. The summed E-state index contributed by atoms with van der Waals surface area (Å²) < 4.78 is 9.90. The molecule has 0 aromatic heterocycles. The summed E-state index contributed by atoms with van der Waals surface area (Å²) in [5.74, 6) is 0.901. The molecule has 0 saturated carbocycles. The largest absolute Gasteiger partial charge is 0.497 e. The molecule has 2 aromatic carbocycles. The van der Waals surface area contributed by atoms with Gasteiger partial charge in [0.05, 0.1) is 13.7 Å². The van der Waals surface area contributed by atoms with Gasteiger partial charge in [-0.2, -0.15) is 0 Å². The van der Waals surface area contributed by atoms with E-state index in [1.807, 2.05) is 67.6 Å². The van der Waals surface area contributed by atoms with Crippen molar-refractivity contribution in [2.45, 2.75) is 6.92 Å². The Kier molecular flexibility index (Phi) is 9.15. The van der Waals surface area contributed by atoms with Crippen molar-refractivity contribution in [2.75, 3.05) is 20.8 Å². The van der Waals surface area contributed by atoms with E-state index >= 15 is 0 Å². The molecule has 22 heavy (non-hydrogen) atoms. The number of ether oxygens (including phenoxy) is 2. The second kappa shape index (κ2) is 11.4. The fourth-order valence-corrected chi connectivity index (χ4v) is 1.75. The first-order valence-corrected chi connectivity index (χ1v) is 7.27. The van der Waals surface area contributed by atoms with Gasteiger partial charge in [-0.25, -0.2) is 0 Å². The van der Waals surface area contributed by atoms with Gasteiger partial charge in [-0.15, -0.1) is 0 Å². The van der Waals surface area contributed by atoms with Gasteiger partial charge in [-0.1, -0.05) is 66.8 Å². The molecule has 0 atom stereocenters. The molecule has 2 rings (SSSR count). The van der Waals surface area contributed by atoms with E-state index in [4.69, 9.17) is 9.47 Å². The fourth-order valence-electron chi connectivity index (χ4n) is 1.75. The number of rotatable bonds is 5. The van der Waals surface area contributed by atoms with E-state index in [2.05, 4.69) is 18.2 Å². The van der Waals surface area contributed by atoms with E-state index < -0.39 is 0 Å². The van der Waals surface area contributed by atoms with Crippen molar-refractivity contribution in [1.29, 1.82) is 0 Å². The third-order valence-electron chi connectivity index (χ3n) is 2.85. The molecule has 0 fully saturated rings. The van der Waals surface area contributed by atoms with Crippen LogP contribution in [0, 0.1) is 0 Å². The molecule has 0 aliphatic heterocycles. The molecular weight excluding hydrogens is 272 g/mol. The Morgan fingerprint density at radius 1 is 0.818 bits per heavy atom. The van der Waals surface area contributed by atoms with Crippen LogP contribution >= 0.6 is 0 Å². The summed E-state index contributed by atoms with van der Waals surface area (Å²) in [5, 5.41) is 0. The summed E-state index contributed by atoms with van der Waals surface area (Å²) in [6.45, 7) is 2.68. The predicted molar refractivity (Wildman–Crippen MR) is 95.1 cm³/mol. The Morgan fingerprint density at radius 3 is 2.00 bits per heavy atom. The normalized spacial score (nSPS) is 10.5. The van der Waals surface area contributed by atoms with Crippen LogP contribution in [0.1, 0.15) is 18.1 Å². The van der Waals surface area contributed by atoms with Gasteiger partial charge in [-0.3, -0.25) is 0 Å². The summed E-state index contributed by atoms with van der Waals surface area (Å²) >= 11 is 0. The number of hydrogen-bond donors (Lipinski definition) is 0. The van der Waals surface area contributed by atoms with E-state index in [1.54, 1.807) is 14.2 Å². The second-order valence-electron chi connectivity index (χ2n) is 4.54. The zero-order chi connectivity index (χ0) is 16.0. The number of allylic oxidation sites excluding steroid dienone is 1. The quantitative estimate of drug-likeness (QED) is 0.766. The topological polar surface area (TPSA) is 18.5 Å². The highest BCUT2D eigenvalue weighted by molar-refractivity contribution is 5.50. The zero-order valence-corrected chi connectivity index (χ0v) is 13.5. The molecule has 2 aromatic rings. The van der Waals surface area contributed by atoms with E-state index in [-0.39, 0.29) is 0 Å². The van der Waals surface area contributed by atoms with Crippen LogP contribution in [0.15, 0.2) is 66.7 Å². The first kappa shape index (κ1) is 17.7. The minimum Gasteiger partial charge on any atom is -0.497 e. The second-order valence-corrected chi connectivity index (χ2v) is 4.54. The number of methoxy groups -OCH3 is 2. The molecule has 0 saturated heterocycles. The molecular formula is C20H24O2. The SMILES string of the molecule is CC=Cc1ccc(OC)cc1.COCC=Cc1ccccc1. The molecule has 0 spiro atoms. The van der Waals surface area contributed by atoms with E-state index in [9.17, 15) is 0 Å². The van der Waals surface area contributed by atoms with Gasteiger partial charge >= 0.3 is 0 Å². The maximum atomic E-state index is 5.02. The third kappa shape index (κ3) is 7.46. The van der Waals surface area contributed by atoms with Crippen LogP contribution in [0.3, 0.4) is 0 Å². The number of benzene rings is 2. The minimum absolute atomic E-state index is 0.675. The van der Waals surface area contributed by atoms with Crippen LogP contribution < -0.4 is 4.74 Å². The van der Waals surface area contributed by atoms with Crippen LogP contribution in [0.2, 0.25) is 0 Å². The highest BCUT2D eigenvalue weighted by atomic mass is 16.5.